The fourth-order valence-corrected chi connectivity index (χ4v) is 2.59. The van der Waals surface area contributed by atoms with Crippen molar-refractivity contribution >= 4 is 29.2 Å². The molecule has 1 amide bonds. The van der Waals surface area contributed by atoms with E-state index in [1.54, 1.807) is 31.2 Å². The monoisotopic (exact) mass is 376 g/mol. The van der Waals surface area contributed by atoms with Crippen molar-refractivity contribution in [3.05, 3.63) is 47.2 Å². The molecule has 0 bridgehead atoms. The van der Waals surface area contributed by atoms with Crippen molar-refractivity contribution in [3.63, 3.8) is 0 Å². The first kappa shape index (κ1) is 18.0. The van der Waals surface area contributed by atoms with E-state index in [1.807, 2.05) is 0 Å². The number of ether oxygens (including phenoxy) is 3. The van der Waals surface area contributed by atoms with Gasteiger partial charge in [-0.3, -0.25) is 4.79 Å². The van der Waals surface area contributed by atoms with E-state index in [4.69, 9.17) is 25.8 Å². The summed E-state index contributed by atoms with van der Waals surface area (Å²) in [5, 5.41) is 2.74. The third-order valence-corrected chi connectivity index (χ3v) is 4.00. The molecule has 7 nitrogen and oxygen atoms in total. The molecule has 0 saturated carbocycles. The Labute approximate surface area is 155 Å². The number of benzene rings is 1. The first-order valence-corrected chi connectivity index (χ1v) is 8.48. The lowest BCUT2D eigenvalue weighted by Gasteiger charge is -2.20. The molecule has 2 aromatic rings. The Bertz CT molecular complexity index is 827. The van der Waals surface area contributed by atoms with E-state index in [0.29, 0.717) is 36.8 Å². The van der Waals surface area contributed by atoms with Crippen molar-refractivity contribution in [3.8, 4) is 11.5 Å². The van der Waals surface area contributed by atoms with Crippen molar-refractivity contribution in [2.24, 2.45) is 0 Å². The summed E-state index contributed by atoms with van der Waals surface area (Å²) in [6.07, 6.45) is 0.803. The molecule has 2 heterocycles. The van der Waals surface area contributed by atoms with Gasteiger partial charge in [0, 0.05) is 18.0 Å². The molecule has 0 radical (unpaired) electrons. The minimum Gasteiger partial charge on any atom is -0.486 e. The Balaban J connectivity index is 1.67. The second-order valence-corrected chi connectivity index (χ2v) is 5.85. The number of hydrogen-bond acceptors (Lipinski definition) is 6. The Morgan fingerprint density at radius 2 is 2.04 bits per heavy atom. The van der Waals surface area contributed by atoms with Gasteiger partial charge in [0.05, 0.1) is 5.56 Å². The summed E-state index contributed by atoms with van der Waals surface area (Å²) in [6.45, 7) is 2.68. The molecule has 0 fully saturated rings. The van der Waals surface area contributed by atoms with Gasteiger partial charge in [0.15, 0.2) is 17.6 Å². The van der Waals surface area contributed by atoms with Gasteiger partial charge in [0.1, 0.15) is 18.4 Å². The van der Waals surface area contributed by atoms with Gasteiger partial charge in [-0.25, -0.2) is 9.78 Å². The summed E-state index contributed by atoms with van der Waals surface area (Å²) < 4.78 is 16.2. The van der Waals surface area contributed by atoms with Gasteiger partial charge < -0.3 is 19.5 Å². The second-order valence-electron chi connectivity index (χ2n) is 5.49. The van der Waals surface area contributed by atoms with E-state index in [2.05, 4.69) is 10.3 Å². The van der Waals surface area contributed by atoms with E-state index >= 15 is 0 Å². The molecule has 1 N–H and O–H groups in total. The van der Waals surface area contributed by atoms with E-state index in [9.17, 15) is 9.59 Å². The molecule has 1 aliphatic rings. The third kappa shape index (κ3) is 4.05. The standard InChI is InChI=1S/C18H17ClN2O5/c1-2-13(26-18(23)12-4-3-7-20-16(12)19)17(22)21-11-5-6-14-15(10-11)25-9-8-24-14/h3-7,10,13H,2,8-9H2,1H3,(H,21,22). The number of halogens is 1. The molecule has 1 atom stereocenters. The van der Waals surface area contributed by atoms with E-state index in [0.717, 1.165) is 0 Å². The largest absolute Gasteiger partial charge is 0.486 e. The number of fused-ring (bicyclic) bond motifs is 1. The molecular formula is C18H17ClN2O5. The lowest BCUT2D eigenvalue weighted by molar-refractivity contribution is -0.124. The number of nitrogens with zero attached hydrogens (tertiary/aromatic N) is 1. The summed E-state index contributed by atoms with van der Waals surface area (Å²) in [6, 6.07) is 8.13. The number of nitrogens with one attached hydrogen (secondary N) is 1. The Morgan fingerprint density at radius 3 is 2.77 bits per heavy atom. The highest BCUT2D eigenvalue weighted by atomic mass is 35.5. The molecule has 1 unspecified atom stereocenters. The van der Waals surface area contributed by atoms with Gasteiger partial charge in [-0.05, 0) is 30.7 Å². The van der Waals surface area contributed by atoms with E-state index in [1.165, 1.54) is 12.3 Å². The maximum absolute atomic E-state index is 12.5. The van der Waals surface area contributed by atoms with Crippen LogP contribution < -0.4 is 14.8 Å². The lowest BCUT2D eigenvalue weighted by atomic mass is 10.2. The number of hydrogen-bond donors (Lipinski definition) is 1. The summed E-state index contributed by atoms with van der Waals surface area (Å²) in [4.78, 5) is 28.5. The van der Waals surface area contributed by atoms with Crippen LogP contribution in [0.15, 0.2) is 36.5 Å². The SMILES string of the molecule is CCC(OC(=O)c1cccnc1Cl)C(=O)Nc1ccc2c(c1)OCCO2. The summed E-state index contributed by atoms with van der Waals surface area (Å²) in [7, 11) is 0. The van der Waals surface area contributed by atoms with Crippen LogP contribution in [-0.2, 0) is 9.53 Å². The summed E-state index contributed by atoms with van der Waals surface area (Å²) >= 11 is 5.88. The van der Waals surface area contributed by atoms with Crippen LogP contribution in [0, 0.1) is 0 Å². The average Bonchev–Trinajstić information content (AvgIpc) is 2.66. The minimum atomic E-state index is -0.966. The van der Waals surface area contributed by atoms with Crippen LogP contribution in [0.2, 0.25) is 5.15 Å². The molecule has 1 aromatic carbocycles. The van der Waals surface area contributed by atoms with Crippen molar-refractivity contribution in [2.75, 3.05) is 18.5 Å². The molecule has 3 rings (SSSR count). The molecule has 0 saturated heterocycles. The van der Waals surface area contributed by atoms with Crippen LogP contribution in [0.4, 0.5) is 5.69 Å². The number of amides is 1. The van der Waals surface area contributed by atoms with Crippen LogP contribution in [0.3, 0.4) is 0 Å². The normalized spacial score (nSPS) is 13.6. The molecule has 136 valence electrons. The van der Waals surface area contributed by atoms with Crippen LogP contribution in [-0.4, -0.2) is 36.2 Å². The smallest absolute Gasteiger partial charge is 0.342 e. The van der Waals surface area contributed by atoms with Gasteiger partial charge in [0.2, 0.25) is 0 Å². The lowest BCUT2D eigenvalue weighted by Crippen LogP contribution is -2.32. The molecular weight excluding hydrogens is 360 g/mol. The van der Waals surface area contributed by atoms with Crippen molar-refractivity contribution in [1.82, 2.24) is 4.98 Å². The Kier molecular flexibility index (Phi) is 5.58. The first-order chi connectivity index (χ1) is 12.6. The Morgan fingerprint density at radius 1 is 1.27 bits per heavy atom. The molecule has 1 aliphatic heterocycles. The maximum Gasteiger partial charge on any atom is 0.342 e. The van der Waals surface area contributed by atoms with Gasteiger partial charge in [0.25, 0.3) is 5.91 Å². The molecule has 26 heavy (non-hydrogen) atoms. The van der Waals surface area contributed by atoms with Gasteiger partial charge in [-0.1, -0.05) is 18.5 Å². The highest BCUT2D eigenvalue weighted by molar-refractivity contribution is 6.32. The topological polar surface area (TPSA) is 86.8 Å². The first-order valence-electron chi connectivity index (χ1n) is 8.10. The maximum atomic E-state index is 12.5. The van der Waals surface area contributed by atoms with Crippen LogP contribution >= 0.6 is 11.6 Å². The zero-order valence-corrected chi connectivity index (χ0v) is 14.8. The van der Waals surface area contributed by atoms with Crippen molar-refractivity contribution in [1.29, 1.82) is 0 Å². The highest BCUT2D eigenvalue weighted by Crippen LogP contribution is 2.32. The van der Waals surface area contributed by atoms with Gasteiger partial charge >= 0.3 is 5.97 Å². The zero-order chi connectivity index (χ0) is 18.5. The third-order valence-electron chi connectivity index (χ3n) is 3.70. The molecule has 0 aliphatic carbocycles. The van der Waals surface area contributed by atoms with Crippen LogP contribution in [0.1, 0.15) is 23.7 Å². The van der Waals surface area contributed by atoms with E-state index in [-0.39, 0.29) is 10.7 Å². The number of esters is 1. The molecule has 1 aromatic heterocycles. The Hall–Kier alpha value is -2.80. The predicted octanol–water partition coefficient (Wildman–Crippen LogP) is 3.08. The van der Waals surface area contributed by atoms with Gasteiger partial charge in [-0.15, -0.1) is 0 Å². The number of aromatic nitrogens is 1. The number of carbonyl (C=O) groups is 2. The fraction of sp³-hybridized carbons (Fsp3) is 0.278. The fourth-order valence-electron chi connectivity index (χ4n) is 2.40. The highest BCUT2D eigenvalue weighted by Gasteiger charge is 2.24. The molecule has 8 heteroatoms. The molecule has 0 spiro atoms. The van der Waals surface area contributed by atoms with Crippen molar-refractivity contribution in [2.45, 2.75) is 19.4 Å². The van der Waals surface area contributed by atoms with Crippen LogP contribution in [0.5, 0.6) is 11.5 Å². The number of anilines is 1. The summed E-state index contributed by atoms with van der Waals surface area (Å²) in [5.74, 6) is 0.0324. The summed E-state index contributed by atoms with van der Waals surface area (Å²) in [5.41, 5.74) is 0.632. The number of carbonyl (C=O) groups excluding carboxylic acids is 2. The number of rotatable bonds is 5. The zero-order valence-electron chi connectivity index (χ0n) is 14.0. The predicted molar refractivity (Wildman–Crippen MR) is 94.8 cm³/mol. The number of pyridine rings is 1. The van der Waals surface area contributed by atoms with Crippen LogP contribution in [0.25, 0.3) is 0 Å². The average molecular weight is 377 g/mol. The minimum absolute atomic E-state index is 0.0274. The van der Waals surface area contributed by atoms with Gasteiger partial charge in [-0.2, -0.15) is 0 Å². The van der Waals surface area contributed by atoms with Crippen molar-refractivity contribution < 1.29 is 23.8 Å². The quantitative estimate of drug-likeness (QED) is 0.637. The van der Waals surface area contributed by atoms with E-state index < -0.39 is 18.0 Å². The second kappa shape index (κ2) is 8.05.